The molecule has 1 aromatic carbocycles. The maximum absolute atomic E-state index is 13.4. The van der Waals surface area contributed by atoms with Gasteiger partial charge in [0.25, 0.3) is 5.91 Å². The summed E-state index contributed by atoms with van der Waals surface area (Å²) in [7, 11) is 1.42. The SMILES string of the molecule is COc1cc(NC(=O)c2cnn3ccc(-c4ccccc4C(F)(F)F)nc23)ncn1. The predicted molar refractivity (Wildman–Crippen MR) is 100.0 cm³/mol. The van der Waals surface area contributed by atoms with E-state index in [1.807, 2.05) is 0 Å². The molecule has 4 rings (SSSR count). The van der Waals surface area contributed by atoms with E-state index in [0.29, 0.717) is 0 Å². The molecular formula is C19H13F3N6O2. The first kappa shape index (κ1) is 19.3. The van der Waals surface area contributed by atoms with E-state index in [4.69, 9.17) is 4.74 Å². The first-order valence-electron chi connectivity index (χ1n) is 8.55. The van der Waals surface area contributed by atoms with Gasteiger partial charge in [-0.05, 0) is 12.1 Å². The van der Waals surface area contributed by atoms with Crippen LogP contribution < -0.4 is 10.1 Å². The van der Waals surface area contributed by atoms with Gasteiger partial charge in [-0.3, -0.25) is 4.79 Å². The van der Waals surface area contributed by atoms with Gasteiger partial charge in [0.15, 0.2) is 5.65 Å². The van der Waals surface area contributed by atoms with Crippen molar-refractivity contribution in [2.24, 2.45) is 0 Å². The molecule has 3 heterocycles. The van der Waals surface area contributed by atoms with E-state index in [1.165, 1.54) is 60.7 Å². The number of halogens is 3. The molecule has 0 aliphatic rings. The van der Waals surface area contributed by atoms with E-state index < -0.39 is 17.6 Å². The molecule has 8 nitrogen and oxygen atoms in total. The van der Waals surface area contributed by atoms with Crippen molar-refractivity contribution in [3.8, 4) is 17.1 Å². The Morgan fingerprint density at radius 3 is 2.73 bits per heavy atom. The number of alkyl halides is 3. The first-order chi connectivity index (χ1) is 14.4. The molecule has 0 aliphatic carbocycles. The van der Waals surface area contributed by atoms with Gasteiger partial charge < -0.3 is 10.1 Å². The van der Waals surface area contributed by atoms with Crippen LogP contribution in [0.4, 0.5) is 19.0 Å². The number of hydrogen-bond acceptors (Lipinski definition) is 6. The van der Waals surface area contributed by atoms with E-state index in [9.17, 15) is 18.0 Å². The fourth-order valence-corrected chi connectivity index (χ4v) is 2.84. The molecule has 0 aliphatic heterocycles. The van der Waals surface area contributed by atoms with Crippen LogP contribution in [0.3, 0.4) is 0 Å². The van der Waals surface area contributed by atoms with E-state index in [-0.39, 0.29) is 34.2 Å². The predicted octanol–water partition coefficient (Wildman–Crippen LogP) is 3.47. The Labute approximate surface area is 167 Å². The van der Waals surface area contributed by atoms with Gasteiger partial charge >= 0.3 is 6.18 Å². The Kier molecular flexibility index (Phi) is 4.78. The summed E-state index contributed by atoms with van der Waals surface area (Å²) in [5, 5.41) is 6.60. The zero-order valence-electron chi connectivity index (χ0n) is 15.4. The zero-order valence-corrected chi connectivity index (χ0v) is 15.4. The molecule has 0 saturated heterocycles. The van der Waals surface area contributed by atoms with Crippen LogP contribution >= 0.6 is 0 Å². The molecule has 4 aromatic rings. The lowest BCUT2D eigenvalue weighted by atomic mass is 10.0. The number of rotatable bonds is 4. The van der Waals surface area contributed by atoms with Crippen LogP contribution in [0.2, 0.25) is 0 Å². The molecule has 0 spiro atoms. The Morgan fingerprint density at radius 1 is 1.17 bits per heavy atom. The van der Waals surface area contributed by atoms with Crippen molar-refractivity contribution in [2.45, 2.75) is 6.18 Å². The van der Waals surface area contributed by atoms with Gasteiger partial charge in [-0.2, -0.15) is 18.3 Å². The number of aromatic nitrogens is 5. The fraction of sp³-hybridized carbons (Fsp3) is 0.105. The second-order valence-electron chi connectivity index (χ2n) is 6.08. The van der Waals surface area contributed by atoms with Crippen molar-refractivity contribution >= 4 is 17.4 Å². The quantitative estimate of drug-likeness (QED) is 0.550. The van der Waals surface area contributed by atoms with Crippen LogP contribution in [-0.2, 0) is 6.18 Å². The van der Waals surface area contributed by atoms with Crippen molar-refractivity contribution < 1.29 is 22.7 Å². The molecule has 0 bridgehead atoms. The van der Waals surface area contributed by atoms with Crippen molar-refractivity contribution in [1.29, 1.82) is 0 Å². The summed E-state index contributed by atoms with van der Waals surface area (Å²) in [6, 6.07) is 7.92. The lowest BCUT2D eigenvalue weighted by Crippen LogP contribution is -2.13. The van der Waals surface area contributed by atoms with Gasteiger partial charge in [-0.25, -0.2) is 19.5 Å². The summed E-state index contributed by atoms with van der Waals surface area (Å²) in [6.07, 6.45) is -0.614. The summed E-state index contributed by atoms with van der Waals surface area (Å²) in [5.41, 5.74) is -0.684. The van der Waals surface area contributed by atoms with E-state index in [0.717, 1.165) is 6.07 Å². The highest BCUT2D eigenvalue weighted by atomic mass is 19.4. The summed E-state index contributed by atoms with van der Waals surface area (Å²) < 4.78 is 46.4. The average molecular weight is 414 g/mol. The summed E-state index contributed by atoms with van der Waals surface area (Å²) >= 11 is 0. The second kappa shape index (κ2) is 7.43. The van der Waals surface area contributed by atoms with E-state index >= 15 is 0 Å². The highest BCUT2D eigenvalue weighted by Gasteiger charge is 2.33. The molecule has 0 unspecified atom stereocenters. The van der Waals surface area contributed by atoms with Crippen LogP contribution in [0.25, 0.3) is 16.9 Å². The number of carbonyl (C=O) groups excluding carboxylic acids is 1. The van der Waals surface area contributed by atoms with Crippen molar-refractivity contribution in [3.05, 3.63) is 66.2 Å². The largest absolute Gasteiger partial charge is 0.481 e. The lowest BCUT2D eigenvalue weighted by molar-refractivity contribution is -0.137. The highest BCUT2D eigenvalue weighted by molar-refractivity contribution is 6.07. The van der Waals surface area contributed by atoms with Crippen LogP contribution in [0.15, 0.2) is 55.1 Å². The minimum Gasteiger partial charge on any atom is -0.481 e. The number of nitrogens with zero attached hydrogens (tertiary/aromatic N) is 5. The molecule has 11 heteroatoms. The number of methoxy groups -OCH3 is 1. The van der Waals surface area contributed by atoms with Crippen molar-refractivity contribution in [1.82, 2.24) is 24.6 Å². The van der Waals surface area contributed by atoms with Crippen molar-refractivity contribution in [3.63, 3.8) is 0 Å². The third kappa shape index (κ3) is 3.64. The molecule has 1 amide bonds. The topological polar surface area (TPSA) is 94.3 Å². The minimum atomic E-state index is -4.54. The van der Waals surface area contributed by atoms with Crippen LogP contribution in [0, 0.1) is 0 Å². The summed E-state index contributed by atoms with van der Waals surface area (Å²) in [6.45, 7) is 0. The Bertz CT molecular complexity index is 1240. The maximum atomic E-state index is 13.4. The van der Waals surface area contributed by atoms with Crippen molar-refractivity contribution in [2.75, 3.05) is 12.4 Å². The number of benzene rings is 1. The summed E-state index contributed by atoms with van der Waals surface area (Å²) in [4.78, 5) is 24.7. The Morgan fingerprint density at radius 2 is 1.97 bits per heavy atom. The average Bonchev–Trinajstić information content (AvgIpc) is 3.16. The number of amides is 1. The van der Waals surface area contributed by atoms with Crippen LogP contribution in [0.1, 0.15) is 15.9 Å². The van der Waals surface area contributed by atoms with Crippen LogP contribution in [-0.4, -0.2) is 37.6 Å². The maximum Gasteiger partial charge on any atom is 0.417 e. The second-order valence-corrected chi connectivity index (χ2v) is 6.08. The minimum absolute atomic E-state index is 0.0636. The Balaban J connectivity index is 1.73. The molecule has 1 N–H and O–H groups in total. The molecule has 0 radical (unpaired) electrons. The van der Waals surface area contributed by atoms with E-state index in [2.05, 4.69) is 25.4 Å². The lowest BCUT2D eigenvalue weighted by Gasteiger charge is -2.12. The van der Waals surface area contributed by atoms with Gasteiger partial charge in [-0.15, -0.1) is 0 Å². The zero-order chi connectivity index (χ0) is 21.3. The van der Waals surface area contributed by atoms with Gasteiger partial charge in [0.2, 0.25) is 5.88 Å². The number of ether oxygens (including phenoxy) is 1. The van der Waals surface area contributed by atoms with Gasteiger partial charge in [0.1, 0.15) is 17.7 Å². The number of hydrogen-bond donors (Lipinski definition) is 1. The molecule has 0 saturated carbocycles. The molecule has 3 aromatic heterocycles. The third-order valence-corrected chi connectivity index (χ3v) is 4.21. The highest BCUT2D eigenvalue weighted by Crippen LogP contribution is 2.36. The van der Waals surface area contributed by atoms with E-state index in [1.54, 1.807) is 0 Å². The number of fused-ring (bicyclic) bond motifs is 1. The van der Waals surface area contributed by atoms with Gasteiger partial charge in [0.05, 0.1) is 24.6 Å². The molecule has 0 fully saturated rings. The van der Waals surface area contributed by atoms with Gasteiger partial charge in [-0.1, -0.05) is 18.2 Å². The molecule has 152 valence electrons. The normalized spacial score (nSPS) is 11.5. The Hall–Kier alpha value is -4.02. The molecule has 0 atom stereocenters. The smallest absolute Gasteiger partial charge is 0.417 e. The summed E-state index contributed by atoms with van der Waals surface area (Å²) in [5.74, 6) is -0.145. The van der Waals surface area contributed by atoms with Gasteiger partial charge in [0, 0.05) is 17.8 Å². The third-order valence-electron chi connectivity index (χ3n) is 4.21. The molecule has 30 heavy (non-hydrogen) atoms. The molecular weight excluding hydrogens is 401 g/mol. The first-order valence-corrected chi connectivity index (χ1v) is 8.55. The fourth-order valence-electron chi connectivity index (χ4n) is 2.84. The van der Waals surface area contributed by atoms with Crippen LogP contribution in [0.5, 0.6) is 5.88 Å². The standard InChI is InChI=1S/C19H13F3N6O2/c1-30-16-8-15(23-10-24-16)27-18(29)12-9-25-28-7-6-14(26-17(12)28)11-4-2-3-5-13(11)19(20,21)22/h2-10H,1H3,(H,23,24,27,29). The monoisotopic (exact) mass is 414 g/mol. The number of anilines is 1. The number of nitrogens with one attached hydrogen (secondary N) is 1. The number of carbonyl (C=O) groups is 1.